The number of carbonyl (C=O) groups is 3. The first-order chi connectivity index (χ1) is 23.1. The molecule has 0 radical (unpaired) electrons. The van der Waals surface area contributed by atoms with E-state index in [0.717, 1.165) is 52.5 Å². The second-order valence-electron chi connectivity index (χ2n) is 15.7. The summed E-state index contributed by atoms with van der Waals surface area (Å²) < 4.78 is 2.21. The topological polar surface area (TPSA) is 83.4 Å². The van der Waals surface area contributed by atoms with Gasteiger partial charge in [-0.2, -0.15) is 0 Å². The van der Waals surface area contributed by atoms with Crippen molar-refractivity contribution in [2.45, 2.75) is 77.8 Å². The second kappa shape index (κ2) is 11.6. The molecule has 2 unspecified atom stereocenters. The summed E-state index contributed by atoms with van der Waals surface area (Å²) in [7, 11) is 2.08. The summed E-state index contributed by atoms with van der Waals surface area (Å²) in [6.07, 6.45) is 6.94. The van der Waals surface area contributed by atoms with Crippen LogP contribution >= 0.6 is 0 Å². The molecule has 4 fully saturated rings. The quantitative estimate of drug-likeness (QED) is 0.205. The van der Waals surface area contributed by atoms with Gasteiger partial charge < -0.3 is 9.47 Å². The first-order valence-electron chi connectivity index (χ1n) is 17.8. The third-order valence-corrected chi connectivity index (χ3v) is 11.9. The molecule has 2 N–H and O–H groups in total. The third kappa shape index (κ3) is 4.96. The number of benzene rings is 3. The fourth-order valence-electron chi connectivity index (χ4n) is 10.2. The molecule has 5 aliphatic rings. The zero-order valence-corrected chi connectivity index (χ0v) is 28.5. The molecule has 248 valence electrons. The van der Waals surface area contributed by atoms with E-state index >= 15 is 0 Å². The van der Waals surface area contributed by atoms with Crippen LogP contribution in [0.5, 0.6) is 0 Å². The Morgan fingerprint density at radius 1 is 0.854 bits per heavy atom. The van der Waals surface area contributed by atoms with Crippen LogP contribution in [0, 0.1) is 36.0 Å². The minimum Gasteiger partial charge on any atom is -0.343 e. The molecule has 4 saturated carbocycles. The minimum absolute atomic E-state index is 0.0541. The van der Waals surface area contributed by atoms with Gasteiger partial charge in [0, 0.05) is 29.1 Å². The highest BCUT2D eigenvalue weighted by atomic mass is 16.2. The van der Waals surface area contributed by atoms with Gasteiger partial charge >= 0.3 is 0 Å². The number of fused-ring (bicyclic) bond motifs is 2. The van der Waals surface area contributed by atoms with Crippen molar-refractivity contribution < 1.29 is 14.4 Å². The molecule has 4 bridgehead atoms. The van der Waals surface area contributed by atoms with E-state index in [1.807, 2.05) is 36.4 Å². The lowest BCUT2D eigenvalue weighted by Crippen LogP contribution is -2.59. The maximum absolute atomic E-state index is 14.6. The molecule has 9 rings (SSSR count). The second-order valence-corrected chi connectivity index (χ2v) is 15.7. The number of amides is 3. The lowest BCUT2D eigenvalue weighted by atomic mass is 9.49. The molecule has 1 aromatic heterocycles. The van der Waals surface area contributed by atoms with Gasteiger partial charge in [-0.3, -0.25) is 25.2 Å². The maximum Gasteiger partial charge on any atom is 0.261 e. The van der Waals surface area contributed by atoms with E-state index in [4.69, 9.17) is 0 Å². The van der Waals surface area contributed by atoms with Gasteiger partial charge in [-0.1, -0.05) is 80.1 Å². The van der Waals surface area contributed by atoms with E-state index < -0.39 is 12.1 Å². The maximum atomic E-state index is 14.6. The highest BCUT2D eigenvalue weighted by Crippen LogP contribution is 2.60. The van der Waals surface area contributed by atoms with E-state index in [9.17, 15) is 14.4 Å². The highest BCUT2D eigenvalue weighted by molar-refractivity contribution is 6.04. The Morgan fingerprint density at radius 2 is 1.48 bits per heavy atom. The van der Waals surface area contributed by atoms with E-state index in [1.165, 1.54) is 24.8 Å². The summed E-state index contributed by atoms with van der Waals surface area (Å²) >= 11 is 0. The molecule has 1 aliphatic heterocycles. The van der Waals surface area contributed by atoms with Crippen molar-refractivity contribution >= 4 is 28.6 Å². The number of rotatable bonds is 7. The Morgan fingerprint density at radius 3 is 2.15 bits per heavy atom. The Labute approximate surface area is 283 Å². The van der Waals surface area contributed by atoms with E-state index in [1.54, 1.807) is 4.90 Å². The summed E-state index contributed by atoms with van der Waals surface area (Å²) in [6, 6.07) is 23.3. The van der Waals surface area contributed by atoms with Gasteiger partial charge in [-0.25, -0.2) is 0 Å². The lowest BCUT2D eigenvalue weighted by molar-refractivity contribution is -0.149. The summed E-state index contributed by atoms with van der Waals surface area (Å²) in [6.45, 7) is 6.23. The predicted molar refractivity (Wildman–Crippen MR) is 188 cm³/mol. The van der Waals surface area contributed by atoms with Gasteiger partial charge in [-0.15, -0.1) is 0 Å². The molecule has 0 saturated heterocycles. The Balaban J connectivity index is 1.19. The third-order valence-electron chi connectivity index (χ3n) is 11.9. The highest BCUT2D eigenvalue weighted by Gasteiger charge is 2.55. The predicted octanol–water partition coefficient (Wildman–Crippen LogP) is 7.48. The molecule has 7 nitrogen and oxygen atoms in total. The number of nitrogens with zero attached hydrogens (tertiary/aromatic N) is 2. The summed E-state index contributed by atoms with van der Waals surface area (Å²) in [5.41, 5.74) is 12.2. The van der Waals surface area contributed by atoms with Crippen LogP contribution in [0.2, 0.25) is 0 Å². The molecule has 48 heavy (non-hydrogen) atoms. The fourth-order valence-corrected chi connectivity index (χ4v) is 10.2. The van der Waals surface area contributed by atoms with Crippen molar-refractivity contribution in [1.29, 1.82) is 0 Å². The zero-order chi connectivity index (χ0) is 33.3. The van der Waals surface area contributed by atoms with Crippen LogP contribution in [0.15, 0.2) is 72.8 Å². The average Bonchev–Trinajstić information content (AvgIpc) is 3.52. The van der Waals surface area contributed by atoms with Crippen LogP contribution in [0.4, 0.5) is 0 Å². The molecule has 2 heterocycles. The van der Waals surface area contributed by atoms with Gasteiger partial charge in [0.15, 0.2) is 0 Å². The Kier molecular flexibility index (Phi) is 7.50. The fraction of sp³-hybridized carbons (Fsp3) is 0.439. The lowest BCUT2D eigenvalue weighted by Gasteiger charge is -2.55. The van der Waals surface area contributed by atoms with Gasteiger partial charge in [0.1, 0.15) is 6.04 Å². The van der Waals surface area contributed by atoms with E-state index in [-0.39, 0.29) is 29.1 Å². The van der Waals surface area contributed by atoms with Crippen LogP contribution in [0.3, 0.4) is 0 Å². The summed E-state index contributed by atoms with van der Waals surface area (Å²) in [4.78, 5) is 44.6. The van der Waals surface area contributed by atoms with Crippen LogP contribution in [-0.4, -0.2) is 33.2 Å². The van der Waals surface area contributed by atoms with Gasteiger partial charge in [-0.05, 0) is 98.8 Å². The monoisotopic (exact) mass is 642 g/mol. The summed E-state index contributed by atoms with van der Waals surface area (Å²) in [5.74, 6) is 1.43. The summed E-state index contributed by atoms with van der Waals surface area (Å²) in [5, 5.41) is 1.05. The molecule has 4 aromatic rings. The van der Waals surface area contributed by atoms with E-state index in [2.05, 4.69) is 79.6 Å². The van der Waals surface area contributed by atoms with Gasteiger partial charge in [0.2, 0.25) is 5.91 Å². The molecule has 3 aromatic carbocycles. The van der Waals surface area contributed by atoms with Gasteiger partial charge in [0.25, 0.3) is 11.8 Å². The number of hydrazine groups is 1. The number of nitrogens with one attached hydrogen (secondary N) is 2. The number of hydrogen-bond donors (Lipinski definition) is 2. The Bertz CT molecular complexity index is 1890. The van der Waals surface area contributed by atoms with E-state index in [0.29, 0.717) is 29.7 Å². The van der Waals surface area contributed by atoms with Crippen molar-refractivity contribution in [2.75, 3.05) is 0 Å². The number of hydrogen-bond acceptors (Lipinski definition) is 3. The number of para-hydroxylation sites is 1. The van der Waals surface area contributed by atoms with Crippen LogP contribution < -0.4 is 10.9 Å². The molecule has 4 aliphatic carbocycles. The number of carbonyl (C=O) groups excluding carboxylic acids is 3. The SMILES string of the molecule is Cc1ccc(-c2c(C3c4ccccc4C(=O)N3C(CC(C)C)C(=O)NNC(=O)C34CC5CC(CC(C5)C3)C4)c3ccccc3n2C)cc1. The van der Waals surface area contributed by atoms with Crippen LogP contribution in [-0.2, 0) is 16.6 Å². The minimum atomic E-state index is -0.795. The van der Waals surface area contributed by atoms with Crippen molar-refractivity contribution in [2.24, 2.45) is 36.1 Å². The average molecular weight is 643 g/mol. The molecular formula is C41H46N4O3. The molecule has 0 spiro atoms. The first-order valence-corrected chi connectivity index (χ1v) is 17.8. The number of aryl methyl sites for hydroxylation is 2. The van der Waals surface area contributed by atoms with Gasteiger partial charge in [0.05, 0.1) is 17.2 Å². The molecule has 7 heteroatoms. The van der Waals surface area contributed by atoms with Crippen molar-refractivity contribution in [3.05, 3.63) is 95.1 Å². The Hall–Kier alpha value is -4.39. The molecule has 2 atom stereocenters. The van der Waals surface area contributed by atoms with Crippen molar-refractivity contribution in [3.63, 3.8) is 0 Å². The molecule has 3 amide bonds. The zero-order valence-electron chi connectivity index (χ0n) is 28.5. The van der Waals surface area contributed by atoms with Crippen LogP contribution in [0.25, 0.3) is 22.2 Å². The smallest absolute Gasteiger partial charge is 0.261 e. The van der Waals surface area contributed by atoms with Crippen molar-refractivity contribution in [1.82, 2.24) is 20.3 Å². The largest absolute Gasteiger partial charge is 0.343 e. The normalized spacial score (nSPS) is 26.3. The number of aromatic nitrogens is 1. The standard InChI is InChI=1S/C41H46N4O3/c1-24(2)17-34(38(46)42-43-40(48)41-21-26-18-27(22-41)20-28(19-26)23-41)45-37(30-9-5-6-10-31(30)39(45)47)35-32-11-7-8-12-33(32)44(4)36(35)29-15-13-25(3)14-16-29/h5-16,24,26-28,34,37H,17-23H2,1-4H3,(H,42,46)(H,43,48). The van der Waals surface area contributed by atoms with Crippen LogP contribution in [0.1, 0.15) is 91.9 Å². The molecular weight excluding hydrogens is 596 g/mol. The first kappa shape index (κ1) is 30.9. The van der Waals surface area contributed by atoms with Crippen molar-refractivity contribution in [3.8, 4) is 11.3 Å².